The smallest absolute Gasteiger partial charge is 0.399 e. The van der Waals surface area contributed by atoms with E-state index in [1.54, 1.807) is 24.3 Å². The van der Waals surface area contributed by atoms with Gasteiger partial charge in [0.05, 0.1) is 53.5 Å². The summed E-state index contributed by atoms with van der Waals surface area (Å²) in [4.78, 5) is 31.0. The maximum Gasteiger partial charge on any atom is 0.494 e. The van der Waals surface area contributed by atoms with Crippen molar-refractivity contribution in [3.8, 4) is 33.6 Å². The summed E-state index contributed by atoms with van der Waals surface area (Å²) >= 11 is 14.5. The SMILES string of the molecule is CC1(C)OB(c2ccc3c(c2)nc(-c2ccccc2)c2ccccc23)OC1(C)C.O=[N+]([O-])c1cc(Cl)ccc1-c1ccc2c(c1)nc(-c1ccccc1)c1ccccc12.O=[N+]([O-])c1cc(Cl)ccc1Br. The van der Waals surface area contributed by atoms with E-state index in [0.29, 0.717) is 20.1 Å². The van der Waals surface area contributed by atoms with Gasteiger partial charge in [0, 0.05) is 54.8 Å². The Morgan fingerprint density at radius 3 is 1.43 bits per heavy atom. The second kappa shape index (κ2) is 19.7. The molecule has 0 bridgehead atoms. The van der Waals surface area contributed by atoms with E-state index in [1.165, 1.54) is 17.5 Å². The van der Waals surface area contributed by atoms with Crippen molar-refractivity contribution in [1.29, 1.82) is 0 Å². The van der Waals surface area contributed by atoms with Crippen molar-refractivity contribution in [2.24, 2.45) is 0 Å². The summed E-state index contributed by atoms with van der Waals surface area (Å²) in [5.41, 5.74) is 7.25. The van der Waals surface area contributed by atoms with E-state index in [-0.39, 0.29) is 22.6 Å². The number of nitro benzene ring substituents is 2. The minimum atomic E-state index is -0.490. The zero-order valence-corrected chi connectivity index (χ0v) is 41.4. The first-order valence-electron chi connectivity index (χ1n) is 22.2. The molecule has 0 saturated carbocycles. The number of rotatable bonds is 6. The largest absolute Gasteiger partial charge is 0.494 e. The molecule has 0 atom stereocenters. The van der Waals surface area contributed by atoms with Crippen LogP contribution in [0, 0.1) is 20.2 Å². The van der Waals surface area contributed by atoms with Crippen LogP contribution in [0.4, 0.5) is 11.4 Å². The Morgan fingerprint density at radius 1 is 0.486 bits per heavy atom. The van der Waals surface area contributed by atoms with Crippen molar-refractivity contribution in [1.82, 2.24) is 9.97 Å². The molecule has 11 rings (SSSR count). The summed E-state index contributed by atoms with van der Waals surface area (Å²) in [5, 5.41) is 29.2. The van der Waals surface area contributed by atoms with Crippen molar-refractivity contribution in [2.75, 3.05) is 0 Å². The normalized spacial score (nSPS) is 13.7. The number of pyridine rings is 2. The highest BCUT2D eigenvalue weighted by molar-refractivity contribution is 9.10. The molecule has 1 aliphatic heterocycles. The zero-order valence-electron chi connectivity index (χ0n) is 38.3. The Kier molecular flexibility index (Phi) is 13.5. The third-order valence-corrected chi connectivity index (χ3v) is 13.8. The van der Waals surface area contributed by atoms with Crippen LogP contribution in [0.1, 0.15) is 27.7 Å². The lowest BCUT2D eigenvalue weighted by atomic mass is 9.78. The Hall–Kier alpha value is -7.06. The highest BCUT2D eigenvalue weighted by atomic mass is 79.9. The third-order valence-electron chi connectivity index (χ3n) is 12.6. The number of benzene rings is 8. The number of aromatic nitrogens is 2. The first-order chi connectivity index (χ1) is 33.6. The molecule has 346 valence electrons. The standard InChI is InChI=1S/C25H24BNO2.C25H15ClN2O2.C6H3BrClNO2/c1-24(2)25(3,4)29-26(28-24)18-14-15-20-19-12-8-9-13-21(19)23(27-22(20)16-18)17-10-6-5-7-11-17;26-18-11-13-19(24(15-18)28(29)30)17-10-12-21-20-8-4-5-9-22(20)25(27-23(21)14-17)16-6-2-1-3-7-16;7-5-2-1-4(8)3-6(5)9(10)11/h5-16H,1-4H3;1-15H;1-3H. The predicted octanol–water partition coefficient (Wildman–Crippen LogP) is 15.6. The molecule has 0 spiro atoms. The molecule has 70 heavy (non-hydrogen) atoms. The Bertz CT molecular complexity index is 3620. The molecule has 3 heterocycles. The van der Waals surface area contributed by atoms with Gasteiger partial charge in [-0.2, -0.15) is 0 Å². The van der Waals surface area contributed by atoms with Gasteiger partial charge in [-0.15, -0.1) is 0 Å². The summed E-state index contributed by atoms with van der Waals surface area (Å²) in [7, 11) is -0.391. The highest BCUT2D eigenvalue weighted by Crippen LogP contribution is 2.39. The molecule has 0 radical (unpaired) electrons. The quantitative estimate of drug-likeness (QED) is 0.0696. The summed E-state index contributed by atoms with van der Waals surface area (Å²) in [6.45, 7) is 8.31. The summed E-state index contributed by atoms with van der Waals surface area (Å²) in [6.07, 6.45) is 0. The minimum absolute atomic E-state index is 0.0162. The molecule has 10 nitrogen and oxygen atoms in total. The van der Waals surface area contributed by atoms with E-state index >= 15 is 0 Å². The van der Waals surface area contributed by atoms with Crippen molar-refractivity contribution in [2.45, 2.75) is 38.9 Å². The van der Waals surface area contributed by atoms with E-state index in [2.05, 4.69) is 122 Å². The lowest BCUT2D eigenvalue weighted by Gasteiger charge is -2.32. The van der Waals surface area contributed by atoms with Crippen LogP contribution in [-0.4, -0.2) is 38.1 Å². The van der Waals surface area contributed by atoms with Crippen LogP contribution >= 0.6 is 39.1 Å². The van der Waals surface area contributed by atoms with E-state index in [0.717, 1.165) is 71.5 Å². The van der Waals surface area contributed by atoms with Gasteiger partial charge in [-0.3, -0.25) is 20.2 Å². The first-order valence-corrected chi connectivity index (χ1v) is 23.8. The lowest BCUT2D eigenvalue weighted by Crippen LogP contribution is -2.41. The van der Waals surface area contributed by atoms with Gasteiger partial charge in [-0.1, -0.05) is 157 Å². The number of hydrogen-bond donors (Lipinski definition) is 0. The molecule has 0 amide bonds. The summed E-state index contributed by atoms with van der Waals surface area (Å²) < 4.78 is 12.9. The molecule has 1 aliphatic rings. The summed E-state index contributed by atoms with van der Waals surface area (Å²) in [5.74, 6) is 0. The van der Waals surface area contributed by atoms with Crippen molar-refractivity contribution >= 4 is 106 Å². The van der Waals surface area contributed by atoms with Gasteiger partial charge in [0.15, 0.2) is 0 Å². The van der Waals surface area contributed by atoms with Gasteiger partial charge in [0.25, 0.3) is 11.4 Å². The number of nitrogens with zero attached hydrogens (tertiary/aromatic N) is 4. The molecular formula is C56H42BBrCl2N4O6. The molecular weight excluding hydrogens is 986 g/mol. The fourth-order valence-electron chi connectivity index (χ4n) is 8.38. The van der Waals surface area contributed by atoms with Crippen LogP contribution in [0.15, 0.2) is 186 Å². The van der Waals surface area contributed by atoms with Crippen molar-refractivity contribution in [3.63, 3.8) is 0 Å². The second-order valence-corrected chi connectivity index (χ2v) is 19.3. The maximum atomic E-state index is 11.6. The van der Waals surface area contributed by atoms with Crippen LogP contribution in [0.3, 0.4) is 0 Å². The highest BCUT2D eigenvalue weighted by Gasteiger charge is 2.51. The fourth-order valence-corrected chi connectivity index (χ4v) is 9.11. The minimum Gasteiger partial charge on any atom is -0.399 e. The van der Waals surface area contributed by atoms with Gasteiger partial charge in [-0.05, 0) is 102 Å². The van der Waals surface area contributed by atoms with E-state index < -0.39 is 17.0 Å². The van der Waals surface area contributed by atoms with Crippen LogP contribution < -0.4 is 5.46 Å². The fraction of sp³-hybridized carbons (Fsp3) is 0.107. The van der Waals surface area contributed by atoms with Crippen molar-refractivity contribution in [3.05, 3.63) is 217 Å². The van der Waals surface area contributed by atoms with E-state index in [9.17, 15) is 20.2 Å². The molecule has 0 unspecified atom stereocenters. The topological polar surface area (TPSA) is 131 Å². The van der Waals surface area contributed by atoms with E-state index in [4.69, 9.17) is 42.5 Å². The Morgan fingerprint density at radius 2 is 0.929 bits per heavy atom. The number of halogens is 3. The number of nitro groups is 2. The van der Waals surface area contributed by atoms with Gasteiger partial charge in [-0.25, -0.2) is 9.97 Å². The Balaban J connectivity index is 0.000000144. The average Bonchev–Trinajstić information content (AvgIpc) is 3.59. The van der Waals surface area contributed by atoms with Crippen LogP contribution in [-0.2, 0) is 9.31 Å². The van der Waals surface area contributed by atoms with Gasteiger partial charge in [0.1, 0.15) is 0 Å². The van der Waals surface area contributed by atoms with E-state index in [1.807, 2.05) is 66.7 Å². The lowest BCUT2D eigenvalue weighted by molar-refractivity contribution is -0.385. The van der Waals surface area contributed by atoms with Crippen molar-refractivity contribution < 1.29 is 19.2 Å². The van der Waals surface area contributed by atoms with Crippen LogP contribution in [0.25, 0.3) is 77.0 Å². The first kappa shape index (κ1) is 48.0. The predicted molar refractivity (Wildman–Crippen MR) is 288 cm³/mol. The number of fused-ring (bicyclic) bond motifs is 6. The average molecular weight is 1030 g/mol. The van der Waals surface area contributed by atoms with Gasteiger partial charge < -0.3 is 9.31 Å². The van der Waals surface area contributed by atoms with Crippen LogP contribution in [0.2, 0.25) is 10.0 Å². The second-order valence-electron chi connectivity index (χ2n) is 17.6. The maximum absolute atomic E-state index is 11.6. The molecule has 10 aromatic rings. The summed E-state index contributed by atoms with van der Waals surface area (Å²) in [6, 6.07) is 58.3. The zero-order chi connectivity index (χ0) is 49.3. The molecule has 0 aliphatic carbocycles. The molecule has 0 N–H and O–H groups in total. The molecule has 14 heteroatoms. The third kappa shape index (κ3) is 9.74. The Labute approximate surface area is 422 Å². The molecule has 8 aromatic carbocycles. The van der Waals surface area contributed by atoms with Gasteiger partial charge >= 0.3 is 7.12 Å². The molecule has 1 fully saturated rings. The number of hydrogen-bond acceptors (Lipinski definition) is 8. The monoisotopic (exact) mass is 1030 g/mol. The molecule has 2 aromatic heterocycles. The molecule has 1 saturated heterocycles. The van der Waals surface area contributed by atoms with Crippen LogP contribution in [0.5, 0.6) is 0 Å². The van der Waals surface area contributed by atoms with Gasteiger partial charge in [0.2, 0.25) is 0 Å².